The van der Waals surface area contributed by atoms with Gasteiger partial charge in [0.1, 0.15) is 19.8 Å². The van der Waals surface area contributed by atoms with Crippen LogP contribution in [0.2, 0.25) is 0 Å². The van der Waals surface area contributed by atoms with E-state index in [1.54, 1.807) is 13.8 Å². The Balaban J connectivity index is -0.000000563. The molecule has 0 aliphatic carbocycles. The average molecular weight is 473 g/mol. The molecule has 0 aliphatic heterocycles. The van der Waals surface area contributed by atoms with Gasteiger partial charge in [0.15, 0.2) is 0 Å². The molecule has 0 aromatic carbocycles. The van der Waals surface area contributed by atoms with Crippen LogP contribution in [0.5, 0.6) is 0 Å². The highest BCUT2D eigenvalue weighted by Crippen LogP contribution is 2.02. The highest BCUT2D eigenvalue weighted by Gasteiger charge is 2.11. The van der Waals surface area contributed by atoms with Crippen molar-refractivity contribution in [3.05, 3.63) is 12.7 Å². The lowest BCUT2D eigenvalue weighted by Crippen LogP contribution is -2.29. The average Bonchev–Trinajstić information content (AvgIpc) is 2.82. The number of esters is 2. The first-order valence-electron chi connectivity index (χ1n) is 11.0. The van der Waals surface area contributed by atoms with E-state index in [0.29, 0.717) is 6.42 Å². The fourth-order valence-corrected chi connectivity index (χ4v) is 1.27. The van der Waals surface area contributed by atoms with Gasteiger partial charge in [0.2, 0.25) is 0 Å². The van der Waals surface area contributed by atoms with Crippen molar-refractivity contribution in [2.24, 2.45) is 17.8 Å². The molecule has 33 heavy (non-hydrogen) atoms. The van der Waals surface area contributed by atoms with Gasteiger partial charge in [0, 0.05) is 12.0 Å². The molecule has 0 heterocycles. The number of nitrogens with one attached hydrogen (secondary N) is 1. The molecule has 0 aliphatic rings. The summed E-state index contributed by atoms with van der Waals surface area (Å²) >= 11 is 0. The second-order valence-corrected chi connectivity index (χ2v) is 7.00. The van der Waals surface area contributed by atoms with Gasteiger partial charge in [-0.15, -0.1) is 0 Å². The molecular weight excluding hydrogens is 432 g/mol. The Labute approximate surface area is 197 Å². The molecule has 1 amide bonds. The molecule has 0 spiro atoms. The molecule has 2 N–H and O–H groups in total. The minimum absolute atomic E-state index is 0.0159. The summed E-state index contributed by atoms with van der Waals surface area (Å²) in [7, 11) is 0. The number of hydrogen-bond acceptors (Lipinski definition) is 8. The van der Waals surface area contributed by atoms with Gasteiger partial charge in [0.25, 0.3) is 0 Å². The monoisotopic (exact) mass is 472 g/mol. The Morgan fingerprint density at radius 2 is 1.48 bits per heavy atom. The highest BCUT2D eigenvalue weighted by molar-refractivity contribution is 5.81. The van der Waals surface area contributed by atoms with E-state index in [2.05, 4.69) is 22.7 Å². The van der Waals surface area contributed by atoms with E-state index >= 15 is 0 Å². The van der Waals surface area contributed by atoms with Crippen LogP contribution in [0.25, 0.3) is 0 Å². The third kappa shape index (κ3) is 25.0. The topological polar surface area (TPSA) is 152 Å². The second kappa shape index (κ2) is 23.6. The molecule has 0 aromatic rings. The zero-order chi connectivity index (χ0) is 26.2. The Kier molecular flexibility index (Phi) is 24.7. The van der Waals surface area contributed by atoms with Crippen LogP contribution in [0, 0.1) is 29.1 Å². The molecule has 3 unspecified atom stereocenters. The van der Waals surface area contributed by atoms with Crippen LogP contribution in [0.1, 0.15) is 60.8 Å². The minimum atomic E-state index is -0.706. The van der Waals surface area contributed by atoms with Crippen LogP contribution >= 0.6 is 0 Å². The van der Waals surface area contributed by atoms with Gasteiger partial charge >= 0.3 is 24.0 Å². The normalized spacial score (nSPS) is 11.9. The molecule has 0 radical (unpaired) electrons. The summed E-state index contributed by atoms with van der Waals surface area (Å²) < 4.78 is 14.3. The lowest BCUT2D eigenvalue weighted by Gasteiger charge is -2.10. The van der Waals surface area contributed by atoms with Crippen LogP contribution in [-0.2, 0) is 28.6 Å². The standard InChI is InChI=1S/C13H21NO6.C5H9N.C5H10O2/c1-4-10(3)12(16)19-8-9-20-13(17)14-6-7-18-11(15)5-2;1-3-5(2)4-6;1-3-4(2)5(6)7/h5,10H,2,4,6-9H2,1,3H3,(H,14,17);5H,3H2,1-2H3;4H,3H2,1-2H3,(H,6,7). The van der Waals surface area contributed by atoms with Crippen LogP contribution in [0.4, 0.5) is 4.79 Å². The van der Waals surface area contributed by atoms with E-state index in [1.165, 1.54) is 0 Å². The van der Waals surface area contributed by atoms with E-state index in [0.717, 1.165) is 18.9 Å². The van der Waals surface area contributed by atoms with Crippen molar-refractivity contribution in [3.8, 4) is 6.07 Å². The summed E-state index contributed by atoms with van der Waals surface area (Å²) in [6.07, 6.45) is 2.75. The van der Waals surface area contributed by atoms with Crippen molar-refractivity contribution in [2.45, 2.75) is 60.8 Å². The number of hydrogen-bond donors (Lipinski definition) is 2. The van der Waals surface area contributed by atoms with Gasteiger partial charge in [0.05, 0.1) is 24.4 Å². The molecule has 10 nitrogen and oxygen atoms in total. The lowest BCUT2D eigenvalue weighted by molar-refractivity contribution is -0.149. The predicted octanol–water partition coefficient (Wildman–Crippen LogP) is 3.70. The number of aliphatic carboxylic acids is 1. The smallest absolute Gasteiger partial charge is 0.407 e. The predicted molar refractivity (Wildman–Crippen MR) is 123 cm³/mol. The van der Waals surface area contributed by atoms with Crippen LogP contribution < -0.4 is 5.32 Å². The number of rotatable bonds is 12. The van der Waals surface area contributed by atoms with Gasteiger partial charge < -0.3 is 24.6 Å². The molecule has 0 saturated heterocycles. The number of carbonyl (C=O) groups excluding carboxylic acids is 3. The summed E-state index contributed by atoms with van der Waals surface area (Å²) in [6.45, 7) is 14.5. The van der Waals surface area contributed by atoms with E-state index in [1.807, 2.05) is 27.7 Å². The van der Waals surface area contributed by atoms with Gasteiger partial charge in [-0.1, -0.05) is 41.2 Å². The zero-order valence-corrected chi connectivity index (χ0v) is 20.7. The Hall–Kier alpha value is -3.09. The molecule has 190 valence electrons. The first kappa shape index (κ1) is 34.5. The Morgan fingerprint density at radius 1 is 0.939 bits per heavy atom. The summed E-state index contributed by atoms with van der Waals surface area (Å²) in [5.41, 5.74) is 0. The maximum Gasteiger partial charge on any atom is 0.407 e. The number of carboxylic acid groups (broad SMARTS) is 1. The number of nitrogens with zero attached hydrogens (tertiary/aromatic N) is 1. The number of carboxylic acids is 1. The summed E-state index contributed by atoms with van der Waals surface area (Å²) in [5.74, 6) is -1.68. The molecule has 0 rings (SSSR count). The maximum atomic E-state index is 11.3. The number of carbonyl (C=O) groups is 4. The summed E-state index contributed by atoms with van der Waals surface area (Å²) in [4.78, 5) is 43.1. The van der Waals surface area contributed by atoms with Crippen molar-refractivity contribution in [1.29, 1.82) is 5.26 Å². The largest absolute Gasteiger partial charge is 0.481 e. The van der Waals surface area contributed by atoms with Crippen molar-refractivity contribution < 1.29 is 38.5 Å². The number of ether oxygens (including phenoxy) is 3. The van der Waals surface area contributed by atoms with Gasteiger partial charge in [-0.2, -0.15) is 5.26 Å². The Morgan fingerprint density at radius 3 is 1.85 bits per heavy atom. The molecule has 0 saturated carbocycles. The quantitative estimate of drug-likeness (QED) is 0.187. The fourth-order valence-electron chi connectivity index (χ4n) is 1.27. The van der Waals surface area contributed by atoms with E-state index in [9.17, 15) is 19.2 Å². The van der Waals surface area contributed by atoms with Crippen molar-refractivity contribution >= 4 is 24.0 Å². The van der Waals surface area contributed by atoms with Crippen LogP contribution in [0.3, 0.4) is 0 Å². The molecule has 0 bridgehead atoms. The van der Waals surface area contributed by atoms with Crippen LogP contribution in [-0.4, -0.2) is 55.5 Å². The van der Waals surface area contributed by atoms with E-state index in [-0.39, 0.29) is 50.1 Å². The molecule has 10 heteroatoms. The third-order valence-electron chi connectivity index (χ3n) is 4.22. The fraction of sp³-hybridized carbons (Fsp3) is 0.696. The Bertz CT molecular complexity index is 616. The molecular formula is C23H40N2O8. The number of nitriles is 1. The van der Waals surface area contributed by atoms with E-state index in [4.69, 9.17) is 19.8 Å². The SMILES string of the molecule is C=CC(=O)OCCNC(=O)OCCOC(=O)C(C)CC.CCC(C)C#N.CCC(C)C(=O)O. The van der Waals surface area contributed by atoms with Crippen LogP contribution in [0.15, 0.2) is 12.7 Å². The third-order valence-corrected chi connectivity index (χ3v) is 4.22. The number of amides is 1. The van der Waals surface area contributed by atoms with Gasteiger partial charge in [-0.05, 0) is 26.2 Å². The summed E-state index contributed by atoms with van der Waals surface area (Å²) in [6, 6.07) is 2.11. The van der Waals surface area contributed by atoms with Crippen molar-refractivity contribution in [2.75, 3.05) is 26.4 Å². The number of alkyl carbamates (subject to hydrolysis) is 1. The highest BCUT2D eigenvalue weighted by atomic mass is 16.6. The first-order valence-corrected chi connectivity index (χ1v) is 11.0. The summed E-state index contributed by atoms with van der Waals surface area (Å²) in [5, 5.41) is 18.6. The second-order valence-electron chi connectivity index (χ2n) is 7.00. The van der Waals surface area contributed by atoms with E-state index < -0.39 is 18.0 Å². The van der Waals surface area contributed by atoms with Gasteiger partial charge in [-0.3, -0.25) is 9.59 Å². The molecule has 3 atom stereocenters. The maximum absolute atomic E-state index is 11.3. The van der Waals surface area contributed by atoms with Gasteiger partial charge in [-0.25, -0.2) is 9.59 Å². The molecule has 0 fully saturated rings. The first-order chi connectivity index (χ1) is 15.5. The minimum Gasteiger partial charge on any atom is -0.481 e. The zero-order valence-electron chi connectivity index (χ0n) is 20.7. The lowest BCUT2D eigenvalue weighted by atomic mass is 10.1. The van der Waals surface area contributed by atoms with Crippen molar-refractivity contribution in [1.82, 2.24) is 5.32 Å². The molecule has 0 aromatic heterocycles. The van der Waals surface area contributed by atoms with Crippen molar-refractivity contribution in [3.63, 3.8) is 0 Å².